The monoisotopic (exact) mass is 281 g/mol. The Morgan fingerprint density at radius 2 is 1.95 bits per heavy atom. The van der Waals surface area contributed by atoms with Crippen molar-refractivity contribution in [1.29, 1.82) is 0 Å². The van der Waals surface area contributed by atoms with Crippen molar-refractivity contribution in [2.24, 2.45) is 0 Å². The zero-order chi connectivity index (χ0) is 14.8. The molecule has 0 fully saturated rings. The second-order valence-corrected chi connectivity index (χ2v) is 5.05. The number of aliphatic hydroxyl groups excluding tert-OH is 1. The van der Waals surface area contributed by atoms with Crippen LogP contribution in [0, 0.1) is 0 Å². The van der Waals surface area contributed by atoms with Crippen LogP contribution in [0.5, 0.6) is 5.75 Å². The average molecular weight is 281 g/mol. The van der Waals surface area contributed by atoms with Gasteiger partial charge in [0.2, 0.25) is 0 Å². The number of ether oxygens (including phenoxy) is 2. The van der Waals surface area contributed by atoms with Crippen LogP contribution in [0.15, 0.2) is 24.3 Å². The standard InChI is InChI=1S/C16H27NO3/c1-4-14-5-7-16(8-6-14)20-12-15(18)11-17-13(2)9-10-19-3/h5-8,13,15,17-18H,4,9-12H2,1-3H3. The van der Waals surface area contributed by atoms with E-state index in [1.165, 1.54) is 5.56 Å². The van der Waals surface area contributed by atoms with Gasteiger partial charge in [0, 0.05) is 26.3 Å². The van der Waals surface area contributed by atoms with E-state index in [2.05, 4.69) is 19.2 Å². The fraction of sp³-hybridized carbons (Fsp3) is 0.625. The lowest BCUT2D eigenvalue weighted by Gasteiger charge is -2.17. The van der Waals surface area contributed by atoms with Crippen molar-refractivity contribution in [2.75, 3.05) is 26.9 Å². The number of hydrogen-bond donors (Lipinski definition) is 2. The zero-order valence-electron chi connectivity index (χ0n) is 12.8. The number of rotatable bonds is 10. The molecule has 2 atom stereocenters. The van der Waals surface area contributed by atoms with E-state index in [1.54, 1.807) is 7.11 Å². The number of methoxy groups -OCH3 is 1. The summed E-state index contributed by atoms with van der Waals surface area (Å²) in [6.07, 6.45) is 1.44. The maximum Gasteiger partial charge on any atom is 0.119 e. The lowest BCUT2D eigenvalue weighted by molar-refractivity contribution is 0.102. The topological polar surface area (TPSA) is 50.7 Å². The Morgan fingerprint density at radius 1 is 1.25 bits per heavy atom. The van der Waals surface area contributed by atoms with Gasteiger partial charge >= 0.3 is 0 Å². The van der Waals surface area contributed by atoms with E-state index < -0.39 is 6.10 Å². The van der Waals surface area contributed by atoms with Crippen molar-refractivity contribution in [3.63, 3.8) is 0 Å². The molecule has 2 unspecified atom stereocenters. The Hall–Kier alpha value is -1.10. The molecule has 1 aromatic rings. The maximum atomic E-state index is 9.87. The van der Waals surface area contributed by atoms with Crippen LogP contribution in [0.1, 0.15) is 25.8 Å². The number of hydrogen-bond acceptors (Lipinski definition) is 4. The van der Waals surface area contributed by atoms with Crippen molar-refractivity contribution >= 4 is 0 Å². The highest BCUT2D eigenvalue weighted by molar-refractivity contribution is 5.27. The van der Waals surface area contributed by atoms with Crippen LogP contribution in [0.2, 0.25) is 0 Å². The quantitative estimate of drug-likeness (QED) is 0.689. The van der Waals surface area contributed by atoms with Crippen LogP contribution in [-0.4, -0.2) is 44.1 Å². The first-order chi connectivity index (χ1) is 9.65. The Labute approximate surface area is 122 Å². The minimum absolute atomic E-state index is 0.301. The first kappa shape index (κ1) is 17.0. The van der Waals surface area contributed by atoms with E-state index in [1.807, 2.05) is 24.3 Å². The molecule has 0 amide bonds. The van der Waals surface area contributed by atoms with Crippen molar-refractivity contribution in [1.82, 2.24) is 5.32 Å². The molecule has 114 valence electrons. The second-order valence-electron chi connectivity index (χ2n) is 5.05. The largest absolute Gasteiger partial charge is 0.491 e. The first-order valence-electron chi connectivity index (χ1n) is 7.27. The van der Waals surface area contributed by atoms with Gasteiger partial charge in [-0.2, -0.15) is 0 Å². The molecule has 20 heavy (non-hydrogen) atoms. The predicted molar refractivity (Wildman–Crippen MR) is 81.3 cm³/mol. The Morgan fingerprint density at radius 3 is 2.55 bits per heavy atom. The zero-order valence-corrected chi connectivity index (χ0v) is 12.8. The van der Waals surface area contributed by atoms with E-state index in [9.17, 15) is 5.11 Å². The third-order valence-electron chi connectivity index (χ3n) is 3.23. The molecular weight excluding hydrogens is 254 g/mol. The molecule has 0 saturated carbocycles. The molecule has 4 nitrogen and oxygen atoms in total. The average Bonchev–Trinajstić information content (AvgIpc) is 2.49. The predicted octanol–water partition coefficient (Wildman–Crippen LogP) is 2.00. The minimum Gasteiger partial charge on any atom is -0.491 e. The molecule has 4 heteroatoms. The smallest absolute Gasteiger partial charge is 0.119 e. The molecule has 2 N–H and O–H groups in total. The summed E-state index contributed by atoms with van der Waals surface area (Å²) in [6.45, 7) is 5.75. The van der Waals surface area contributed by atoms with Gasteiger partial charge in [-0.05, 0) is 37.5 Å². The second kappa shape index (κ2) is 9.75. The fourth-order valence-electron chi connectivity index (χ4n) is 1.81. The number of nitrogens with one attached hydrogen (secondary N) is 1. The minimum atomic E-state index is -0.508. The van der Waals surface area contributed by atoms with Crippen LogP contribution in [-0.2, 0) is 11.2 Å². The van der Waals surface area contributed by atoms with E-state index in [4.69, 9.17) is 9.47 Å². The lowest BCUT2D eigenvalue weighted by atomic mass is 10.2. The van der Waals surface area contributed by atoms with Crippen molar-refractivity contribution in [3.8, 4) is 5.75 Å². The molecule has 0 aliphatic rings. The Kier molecular flexibility index (Phi) is 8.26. The van der Waals surface area contributed by atoms with Gasteiger partial charge in [0.15, 0.2) is 0 Å². The summed E-state index contributed by atoms with van der Waals surface area (Å²) in [7, 11) is 1.69. The highest BCUT2D eigenvalue weighted by atomic mass is 16.5. The van der Waals surface area contributed by atoms with Crippen LogP contribution < -0.4 is 10.1 Å². The molecule has 1 aromatic carbocycles. The van der Waals surface area contributed by atoms with Gasteiger partial charge < -0.3 is 19.9 Å². The van der Waals surface area contributed by atoms with Crippen molar-refractivity contribution < 1.29 is 14.6 Å². The summed E-state index contributed by atoms with van der Waals surface area (Å²) in [5.74, 6) is 0.800. The molecule has 0 heterocycles. The van der Waals surface area contributed by atoms with Gasteiger partial charge in [0.05, 0.1) is 0 Å². The van der Waals surface area contributed by atoms with Gasteiger partial charge in [0.1, 0.15) is 18.5 Å². The van der Waals surface area contributed by atoms with E-state index in [0.29, 0.717) is 19.2 Å². The SMILES string of the molecule is CCc1ccc(OCC(O)CNC(C)CCOC)cc1. The molecule has 1 rings (SSSR count). The van der Waals surface area contributed by atoms with Crippen LogP contribution in [0.3, 0.4) is 0 Å². The molecule has 0 radical (unpaired) electrons. The van der Waals surface area contributed by atoms with Crippen LogP contribution in [0.4, 0.5) is 0 Å². The van der Waals surface area contributed by atoms with Gasteiger partial charge in [-0.3, -0.25) is 0 Å². The summed E-state index contributed by atoms with van der Waals surface area (Å²) in [5, 5.41) is 13.1. The molecule has 0 saturated heterocycles. The number of aryl methyl sites for hydroxylation is 1. The van der Waals surface area contributed by atoms with E-state index in [-0.39, 0.29) is 0 Å². The molecule has 0 aliphatic carbocycles. The Bertz CT molecular complexity index is 353. The van der Waals surface area contributed by atoms with Gasteiger partial charge in [-0.1, -0.05) is 19.1 Å². The summed E-state index contributed by atoms with van der Waals surface area (Å²) in [5.41, 5.74) is 1.28. The first-order valence-corrected chi connectivity index (χ1v) is 7.27. The number of benzene rings is 1. The maximum absolute atomic E-state index is 9.87. The van der Waals surface area contributed by atoms with Crippen molar-refractivity contribution in [2.45, 2.75) is 38.8 Å². The lowest BCUT2D eigenvalue weighted by Crippen LogP contribution is -2.37. The molecule has 0 spiro atoms. The van der Waals surface area contributed by atoms with E-state index in [0.717, 1.165) is 25.2 Å². The normalized spacial score (nSPS) is 14.0. The van der Waals surface area contributed by atoms with Crippen LogP contribution >= 0.6 is 0 Å². The summed E-state index contributed by atoms with van der Waals surface area (Å²) in [6, 6.07) is 8.31. The molecule has 0 bridgehead atoms. The third kappa shape index (κ3) is 6.89. The molecule has 0 aromatic heterocycles. The highest BCUT2D eigenvalue weighted by Crippen LogP contribution is 2.12. The fourth-order valence-corrected chi connectivity index (χ4v) is 1.81. The third-order valence-corrected chi connectivity index (χ3v) is 3.23. The van der Waals surface area contributed by atoms with Gasteiger partial charge in [0.25, 0.3) is 0 Å². The van der Waals surface area contributed by atoms with Crippen molar-refractivity contribution in [3.05, 3.63) is 29.8 Å². The van der Waals surface area contributed by atoms with Crippen LogP contribution in [0.25, 0.3) is 0 Å². The summed E-state index contributed by atoms with van der Waals surface area (Å²) in [4.78, 5) is 0. The van der Waals surface area contributed by atoms with Gasteiger partial charge in [-0.25, -0.2) is 0 Å². The summed E-state index contributed by atoms with van der Waals surface area (Å²) < 4.78 is 10.6. The molecular formula is C16H27NO3. The summed E-state index contributed by atoms with van der Waals surface area (Å²) >= 11 is 0. The number of aliphatic hydroxyl groups is 1. The van der Waals surface area contributed by atoms with Gasteiger partial charge in [-0.15, -0.1) is 0 Å². The van der Waals surface area contributed by atoms with E-state index >= 15 is 0 Å². The highest BCUT2D eigenvalue weighted by Gasteiger charge is 2.08. The molecule has 0 aliphatic heterocycles. The Balaban J connectivity index is 2.20.